The number of amides is 3. The molecule has 0 radical (unpaired) electrons. The van der Waals surface area contributed by atoms with E-state index in [9.17, 15) is 14.4 Å². The Morgan fingerprint density at radius 3 is 2.85 bits per heavy atom. The number of nitrogens with zero attached hydrogens (tertiary/aromatic N) is 3. The Labute approximate surface area is 193 Å². The quantitative estimate of drug-likeness (QED) is 0.632. The van der Waals surface area contributed by atoms with Gasteiger partial charge in [-0.1, -0.05) is 29.8 Å². The van der Waals surface area contributed by atoms with Crippen LogP contribution in [0.2, 0.25) is 0 Å². The molecule has 33 heavy (non-hydrogen) atoms. The molecule has 176 valence electrons. The van der Waals surface area contributed by atoms with Gasteiger partial charge in [0.25, 0.3) is 11.8 Å². The van der Waals surface area contributed by atoms with Crippen LogP contribution in [0.25, 0.3) is 0 Å². The van der Waals surface area contributed by atoms with Crippen molar-refractivity contribution in [3.8, 4) is 0 Å². The van der Waals surface area contributed by atoms with Crippen molar-refractivity contribution in [2.24, 2.45) is 0 Å². The van der Waals surface area contributed by atoms with Gasteiger partial charge in [0.2, 0.25) is 5.91 Å². The molecule has 2 aliphatic rings. The monoisotopic (exact) mass is 453 g/mol. The average molecular weight is 454 g/mol. The molecule has 2 N–H and O–H groups in total. The van der Waals surface area contributed by atoms with Gasteiger partial charge in [-0.2, -0.15) is 5.10 Å². The van der Waals surface area contributed by atoms with E-state index in [-0.39, 0.29) is 42.5 Å². The molecule has 1 saturated heterocycles. The van der Waals surface area contributed by atoms with Crippen LogP contribution in [0, 0.1) is 6.92 Å². The fourth-order valence-electron chi connectivity index (χ4n) is 4.23. The number of hydrogen-bond acceptors (Lipinski definition) is 5. The first-order chi connectivity index (χ1) is 16.0. The molecule has 1 fully saturated rings. The fraction of sp³-hybridized carbons (Fsp3) is 0.500. The Hall–Kier alpha value is -3.20. The first kappa shape index (κ1) is 23.0. The van der Waals surface area contributed by atoms with Crippen molar-refractivity contribution in [1.29, 1.82) is 0 Å². The van der Waals surface area contributed by atoms with Crippen LogP contribution in [-0.2, 0) is 22.6 Å². The second kappa shape index (κ2) is 10.6. The molecule has 0 saturated carbocycles. The van der Waals surface area contributed by atoms with Crippen molar-refractivity contribution in [3.05, 3.63) is 52.8 Å². The van der Waals surface area contributed by atoms with E-state index < -0.39 is 0 Å². The summed E-state index contributed by atoms with van der Waals surface area (Å²) >= 11 is 0. The minimum Gasteiger partial charge on any atom is -0.376 e. The van der Waals surface area contributed by atoms with Crippen LogP contribution in [0.4, 0.5) is 0 Å². The molecule has 1 unspecified atom stereocenters. The van der Waals surface area contributed by atoms with E-state index in [1.54, 1.807) is 15.6 Å². The largest absolute Gasteiger partial charge is 0.376 e. The molecule has 0 bridgehead atoms. The number of carbonyl (C=O) groups excluding carboxylic acids is 3. The third-order valence-electron chi connectivity index (χ3n) is 5.96. The molecule has 3 amide bonds. The zero-order chi connectivity index (χ0) is 23.2. The van der Waals surface area contributed by atoms with Crippen molar-refractivity contribution >= 4 is 17.7 Å². The van der Waals surface area contributed by atoms with Crippen LogP contribution in [0.5, 0.6) is 0 Å². The zero-order valence-electron chi connectivity index (χ0n) is 19.0. The standard InChI is InChI=1S/C24H31N5O4/c1-17-5-2-6-18(13-17)16-28-10-4-11-29-21(24(28)32)14-20(27-29)23(31)25-9-8-22(30)26-15-19-7-3-12-33-19/h2,5-6,13-14,19H,3-4,7-12,15-16H2,1H3,(H,25,31)(H,26,30). The van der Waals surface area contributed by atoms with Crippen LogP contribution < -0.4 is 10.6 Å². The Morgan fingerprint density at radius 1 is 1.18 bits per heavy atom. The van der Waals surface area contributed by atoms with Gasteiger partial charge in [-0.05, 0) is 31.7 Å². The van der Waals surface area contributed by atoms with Gasteiger partial charge in [0.05, 0.1) is 6.10 Å². The van der Waals surface area contributed by atoms with E-state index in [0.29, 0.717) is 31.9 Å². The number of ether oxygens (including phenoxy) is 1. The first-order valence-electron chi connectivity index (χ1n) is 11.6. The second-order valence-electron chi connectivity index (χ2n) is 8.65. The minimum atomic E-state index is -0.388. The molecule has 1 aromatic carbocycles. The smallest absolute Gasteiger partial charge is 0.272 e. The number of hydrogen-bond donors (Lipinski definition) is 2. The molecule has 0 spiro atoms. The third-order valence-corrected chi connectivity index (χ3v) is 5.96. The van der Waals surface area contributed by atoms with Crippen molar-refractivity contribution in [2.75, 3.05) is 26.2 Å². The number of benzene rings is 1. The zero-order valence-corrected chi connectivity index (χ0v) is 19.0. The lowest BCUT2D eigenvalue weighted by Crippen LogP contribution is -2.34. The van der Waals surface area contributed by atoms with E-state index in [0.717, 1.165) is 37.0 Å². The van der Waals surface area contributed by atoms with E-state index in [1.165, 1.54) is 0 Å². The molecule has 2 aliphatic heterocycles. The molecule has 4 rings (SSSR count). The summed E-state index contributed by atoms with van der Waals surface area (Å²) in [5, 5.41) is 9.90. The second-order valence-corrected chi connectivity index (χ2v) is 8.65. The number of aromatic nitrogens is 2. The SMILES string of the molecule is Cc1cccc(CN2CCCn3nc(C(=O)NCCC(=O)NCC4CCCO4)cc3C2=O)c1. The van der Waals surface area contributed by atoms with E-state index in [1.807, 2.05) is 25.1 Å². The minimum absolute atomic E-state index is 0.0903. The lowest BCUT2D eigenvalue weighted by molar-refractivity contribution is -0.121. The Balaban J connectivity index is 1.30. The van der Waals surface area contributed by atoms with Gasteiger partial charge in [-0.25, -0.2) is 0 Å². The maximum Gasteiger partial charge on any atom is 0.272 e. The maximum atomic E-state index is 13.1. The van der Waals surface area contributed by atoms with E-state index in [4.69, 9.17) is 4.74 Å². The Morgan fingerprint density at radius 2 is 2.06 bits per heavy atom. The first-order valence-corrected chi connectivity index (χ1v) is 11.6. The number of aryl methyl sites for hydroxylation is 2. The summed E-state index contributed by atoms with van der Waals surface area (Å²) in [5.74, 6) is -0.650. The summed E-state index contributed by atoms with van der Waals surface area (Å²) in [6, 6.07) is 9.65. The number of rotatable bonds is 8. The van der Waals surface area contributed by atoms with Crippen molar-refractivity contribution in [2.45, 2.75) is 51.8 Å². The lowest BCUT2D eigenvalue weighted by Gasteiger charge is -2.20. The molecular weight excluding hydrogens is 422 g/mol. The molecule has 2 aromatic rings. The van der Waals surface area contributed by atoms with Crippen LogP contribution in [-0.4, -0.2) is 64.7 Å². The van der Waals surface area contributed by atoms with Gasteiger partial charge in [0.15, 0.2) is 5.69 Å². The molecular formula is C24H31N5O4. The van der Waals surface area contributed by atoms with Gasteiger partial charge in [-0.15, -0.1) is 0 Å². The highest BCUT2D eigenvalue weighted by Crippen LogP contribution is 2.17. The fourth-order valence-corrected chi connectivity index (χ4v) is 4.23. The topological polar surface area (TPSA) is 106 Å². The van der Waals surface area contributed by atoms with Crippen LogP contribution >= 0.6 is 0 Å². The third kappa shape index (κ3) is 5.98. The predicted molar refractivity (Wildman–Crippen MR) is 122 cm³/mol. The highest BCUT2D eigenvalue weighted by atomic mass is 16.5. The van der Waals surface area contributed by atoms with Crippen molar-refractivity contribution in [3.63, 3.8) is 0 Å². The van der Waals surface area contributed by atoms with Gasteiger partial charge >= 0.3 is 0 Å². The molecule has 1 atom stereocenters. The summed E-state index contributed by atoms with van der Waals surface area (Å²) in [5.41, 5.74) is 2.83. The van der Waals surface area contributed by atoms with Gasteiger partial charge in [0, 0.05) is 51.8 Å². The number of nitrogens with one attached hydrogen (secondary N) is 2. The normalized spacial score (nSPS) is 18.0. The van der Waals surface area contributed by atoms with E-state index >= 15 is 0 Å². The summed E-state index contributed by atoms with van der Waals surface area (Å²) in [4.78, 5) is 39.4. The van der Waals surface area contributed by atoms with Crippen LogP contribution in [0.15, 0.2) is 30.3 Å². The van der Waals surface area contributed by atoms with Crippen LogP contribution in [0.1, 0.15) is 57.8 Å². The molecule has 1 aromatic heterocycles. The summed E-state index contributed by atoms with van der Waals surface area (Å²) < 4.78 is 7.09. The highest BCUT2D eigenvalue weighted by molar-refractivity contribution is 5.98. The Kier molecular flexibility index (Phi) is 7.39. The molecule has 3 heterocycles. The average Bonchev–Trinajstić information content (AvgIpc) is 3.44. The summed E-state index contributed by atoms with van der Waals surface area (Å²) in [7, 11) is 0. The Bertz CT molecular complexity index is 1010. The van der Waals surface area contributed by atoms with E-state index in [2.05, 4.69) is 21.8 Å². The maximum absolute atomic E-state index is 13.1. The van der Waals surface area contributed by atoms with Gasteiger partial charge < -0.3 is 20.3 Å². The van der Waals surface area contributed by atoms with Gasteiger partial charge in [-0.3, -0.25) is 19.1 Å². The molecule has 0 aliphatic carbocycles. The number of fused-ring (bicyclic) bond motifs is 1. The van der Waals surface area contributed by atoms with Crippen molar-refractivity contribution in [1.82, 2.24) is 25.3 Å². The highest BCUT2D eigenvalue weighted by Gasteiger charge is 2.26. The van der Waals surface area contributed by atoms with Crippen LogP contribution in [0.3, 0.4) is 0 Å². The van der Waals surface area contributed by atoms with Crippen molar-refractivity contribution < 1.29 is 19.1 Å². The molecule has 9 heteroatoms. The number of carbonyl (C=O) groups is 3. The summed E-state index contributed by atoms with van der Waals surface area (Å²) in [6.45, 7) is 5.21. The summed E-state index contributed by atoms with van der Waals surface area (Å²) in [6.07, 6.45) is 3.01. The van der Waals surface area contributed by atoms with Gasteiger partial charge in [0.1, 0.15) is 5.69 Å². The lowest BCUT2D eigenvalue weighted by atomic mass is 10.1. The predicted octanol–water partition coefficient (Wildman–Crippen LogP) is 1.65. The molecule has 9 nitrogen and oxygen atoms in total.